The molecule has 1 aliphatic carbocycles. The predicted molar refractivity (Wildman–Crippen MR) is 289 cm³/mol. The van der Waals surface area contributed by atoms with Gasteiger partial charge in [0.25, 0.3) is 0 Å². The van der Waals surface area contributed by atoms with Gasteiger partial charge in [-0.1, -0.05) is 215 Å². The summed E-state index contributed by atoms with van der Waals surface area (Å²) in [6, 6.07) is 90.3. The maximum atomic E-state index is 6.43. The number of rotatable bonds is 10. The van der Waals surface area contributed by atoms with E-state index >= 15 is 0 Å². The molecule has 0 aromatic heterocycles. The normalized spacial score (nSPS) is 16.3. The van der Waals surface area contributed by atoms with Crippen LogP contribution in [0.5, 0.6) is 0 Å². The van der Waals surface area contributed by atoms with Gasteiger partial charge in [-0.2, -0.15) is 0 Å². The van der Waals surface area contributed by atoms with Gasteiger partial charge in [0, 0.05) is 28.2 Å². The van der Waals surface area contributed by atoms with E-state index in [0.717, 1.165) is 33.9 Å². The van der Waals surface area contributed by atoms with Crippen molar-refractivity contribution in [3.8, 4) is 66.8 Å². The van der Waals surface area contributed by atoms with Crippen molar-refractivity contribution in [2.24, 2.45) is 5.92 Å². The van der Waals surface area contributed by atoms with Crippen LogP contribution in [-0.4, -0.2) is 0 Å². The van der Waals surface area contributed by atoms with Crippen molar-refractivity contribution in [1.82, 2.24) is 0 Å². The van der Waals surface area contributed by atoms with E-state index in [0.29, 0.717) is 11.8 Å². The van der Waals surface area contributed by atoms with Gasteiger partial charge >= 0.3 is 0 Å². The first kappa shape index (κ1) is 42.4. The summed E-state index contributed by atoms with van der Waals surface area (Å²) in [5.74, 6) is 0.829. The maximum Gasteiger partial charge on any atom is 0.0462 e. The molecule has 0 radical (unpaired) electrons. The molecule has 0 bridgehead atoms. The van der Waals surface area contributed by atoms with E-state index < -0.39 is 0 Å². The monoisotopic (exact) mass is 874 g/mol. The summed E-state index contributed by atoms with van der Waals surface area (Å²) >= 11 is 0. The fraction of sp³-hybridized carbons (Fsp3) is 0.0909. The second-order valence-corrected chi connectivity index (χ2v) is 18.6. The minimum atomic E-state index is -0.172. The smallest absolute Gasteiger partial charge is 0.0462 e. The molecule has 1 aliphatic rings. The third-order valence-electron chi connectivity index (χ3n) is 14.8. The molecule has 0 saturated heterocycles. The third-order valence-corrected chi connectivity index (χ3v) is 14.8. The molecule has 0 spiro atoms. The third kappa shape index (κ3) is 7.88. The molecular formula is C66H54N2. The number of nitrogen functional groups attached to an aromatic ring is 1. The molecule has 0 saturated carbocycles. The summed E-state index contributed by atoms with van der Waals surface area (Å²) < 4.78 is 0. The van der Waals surface area contributed by atoms with Crippen LogP contribution in [-0.2, 0) is 5.41 Å². The number of hydrogen-bond donors (Lipinski definition) is 1. The molecular weight excluding hydrogens is 821 g/mol. The number of hydrogen-bond acceptors (Lipinski definition) is 2. The topological polar surface area (TPSA) is 29.3 Å². The van der Waals surface area contributed by atoms with Crippen molar-refractivity contribution in [2.45, 2.75) is 32.1 Å². The Morgan fingerprint density at radius 1 is 0.353 bits per heavy atom. The molecule has 0 fully saturated rings. The number of anilines is 4. The summed E-state index contributed by atoms with van der Waals surface area (Å²) in [6.45, 7) is 7.28. The van der Waals surface area contributed by atoms with Crippen LogP contribution in [0.3, 0.4) is 0 Å². The van der Waals surface area contributed by atoms with Crippen molar-refractivity contribution in [1.29, 1.82) is 0 Å². The highest BCUT2D eigenvalue weighted by Gasteiger charge is 2.46. The second-order valence-electron chi connectivity index (χ2n) is 18.6. The summed E-state index contributed by atoms with van der Waals surface area (Å²) in [4.78, 5) is 2.36. The fourth-order valence-corrected chi connectivity index (χ4v) is 10.7. The van der Waals surface area contributed by atoms with E-state index in [1.54, 1.807) is 0 Å². The number of benzene rings is 10. The van der Waals surface area contributed by atoms with Gasteiger partial charge in [0.05, 0.1) is 0 Å². The molecule has 2 nitrogen and oxygen atoms in total. The van der Waals surface area contributed by atoms with Crippen molar-refractivity contribution in [3.63, 3.8) is 0 Å². The van der Waals surface area contributed by atoms with Crippen LogP contribution in [0, 0.1) is 5.92 Å². The molecule has 0 heterocycles. The van der Waals surface area contributed by atoms with Crippen LogP contribution in [0.1, 0.15) is 43.4 Å². The van der Waals surface area contributed by atoms with Gasteiger partial charge in [-0.05, 0) is 150 Å². The summed E-state index contributed by atoms with van der Waals surface area (Å²) in [5, 5.41) is 0. The molecule has 328 valence electrons. The zero-order valence-electron chi connectivity index (χ0n) is 38.9. The second kappa shape index (κ2) is 17.9. The Kier molecular flexibility index (Phi) is 11.2. The Morgan fingerprint density at radius 2 is 0.721 bits per heavy atom. The van der Waals surface area contributed by atoms with Crippen LogP contribution in [0.2, 0.25) is 0 Å². The first-order valence-electron chi connectivity index (χ1n) is 23.8. The van der Waals surface area contributed by atoms with Gasteiger partial charge in [-0.3, -0.25) is 0 Å². The molecule has 10 aromatic rings. The molecule has 2 heteroatoms. The van der Waals surface area contributed by atoms with Crippen LogP contribution in [0.4, 0.5) is 22.7 Å². The van der Waals surface area contributed by atoms with E-state index in [4.69, 9.17) is 5.73 Å². The van der Waals surface area contributed by atoms with E-state index in [1.807, 2.05) is 6.07 Å². The Bertz CT molecular complexity index is 3240. The number of nitrogens with two attached hydrogens (primary N) is 1. The molecule has 2 N–H and O–H groups in total. The molecule has 11 rings (SSSR count). The predicted octanol–water partition coefficient (Wildman–Crippen LogP) is 17.8. The van der Waals surface area contributed by atoms with Gasteiger partial charge in [0.1, 0.15) is 0 Å². The molecule has 10 aromatic carbocycles. The quantitative estimate of drug-likeness (QED) is 0.139. The van der Waals surface area contributed by atoms with Gasteiger partial charge < -0.3 is 10.6 Å². The molecule has 3 unspecified atom stereocenters. The molecule has 68 heavy (non-hydrogen) atoms. The average molecular weight is 875 g/mol. The average Bonchev–Trinajstić information content (AvgIpc) is 3.60. The van der Waals surface area contributed by atoms with Crippen molar-refractivity contribution < 1.29 is 0 Å². The highest BCUT2D eigenvalue weighted by molar-refractivity contribution is 5.87. The molecule has 0 amide bonds. The van der Waals surface area contributed by atoms with Crippen molar-refractivity contribution in [2.75, 3.05) is 10.6 Å². The van der Waals surface area contributed by atoms with Gasteiger partial charge in [-0.25, -0.2) is 0 Å². The lowest BCUT2D eigenvalue weighted by atomic mass is 9.70. The Morgan fingerprint density at radius 3 is 1.19 bits per heavy atom. The minimum Gasteiger partial charge on any atom is -0.399 e. The Hall–Kier alpha value is -8.20. The SMILES string of the molecule is CC1c2ccc(-c3ccc(N(c4ccc(-c5ccccc5)cc4)c4ccc(-c5ccccc5)cc4)cc3)cc2C(C)(c2ccc(-c3ccc(N)cc3-c3ccc(-c4ccccc4)cc3)cc2)C1C. The minimum absolute atomic E-state index is 0.172. The highest BCUT2D eigenvalue weighted by atomic mass is 15.1. The van der Waals surface area contributed by atoms with E-state index in [-0.39, 0.29) is 5.41 Å². The van der Waals surface area contributed by atoms with Gasteiger partial charge in [0.15, 0.2) is 0 Å². The van der Waals surface area contributed by atoms with Crippen LogP contribution in [0.15, 0.2) is 249 Å². The van der Waals surface area contributed by atoms with Gasteiger partial charge in [-0.15, -0.1) is 0 Å². The lowest BCUT2D eigenvalue weighted by Crippen LogP contribution is -2.28. The summed E-state index contributed by atoms with van der Waals surface area (Å²) in [7, 11) is 0. The zero-order valence-corrected chi connectivity index (χ0v) is 38.9. The maximum absolute atomic E-state index is 6.43. The lowest BCUT2D eigenvalue weighted by Gasteiger charge is -2.33. The van der Waals surface area contributed by atoms with Crippen molar-refractivity contribution in [3.05, 3.63) is 265 Å². The summed E-state index contributed by atoms with van der Waals surface area (Å²) in [6.07, 6.45) is 0. The fourth-order valence-electron chi connectivity index (χ4n) is 10.7. The van der Waals surface area contributed by atoms with Crippen LogP contribution < -0.4 is 10.6 Å². The Labute approximate surface area is 401 Å². The lowest BCUT2D eigenvalue weighted by molar-refractivity contribution is 0.369. The highest BCUT2D eigenvalue weighted by Crippen LogP contribution is 2.55. The largest absolute Gasteiger partial charge is 0.399 e. The van der Waals surface area contributed by atoms with E-state index in [2.05, 4.69) is 268 Å². The van der Waals surface area contributed by atoms with E-state index in [9.17, 15) is 0 Å². The number of nitrogens with zero attached hydrogens (tertiary/aromatic N) is 1. The molecule has 0 aliphatic heterocycles. The Balaban J connectivity index is 0.901. The summed E-state index contributed by atoms with van der Waals surface area (Å²) in [5.41, 5.74) is 28.8. The first-order valence-corrected chi connectivity index (χ1v) is 23.8. The standard InChI is InChI=1S/C66H54N2/c1-45-46(2)66(3,57-32-23-54(24-33-57)63-42-34-58(67)44-64(63)55-21-19-50(20-22-55)47-13-7-4-8-14-47)65-43-56(31-41-62(45)65)53-29-39-61(40-30-53)68(59-35-25-51(26-36-59)48-15-9-5-10-16-48)60-37-27-52(28-38-60)49-17-11-6-12-18-49/h4-46H,67H2,1-3H3. The first-order chi connectivity index (χ1) is 33.3. The zero-order chi connectivity index (χ0) is 46.2. The van der Waals surface area contributed by atoms with Crippen molar-refractivity contribution >= 4 is 22.7 Å². The molecule has 3 atom stereocenters. The van der Waals surface area contributed by atoms with Crippen LogP contribution in [0.25, 0.3) is 66.8 Å². The van der Waals surface area contributed by atoms with Gasteiger partial charge in [0.2, 0.25) is 0 Å². The number of fused-ring (bicyclic) bond motifs is 1. The van der Waals surface area contributed by atoms with Crippen LogP contribution >= 0.6 is 0 Å². The van der Waals surface area contributed by atoms with E-state index in [1.165, 1.54) is 72.3 Å².